The van der Waals surface area contributed by atoms with Crippen molar-refractivity contribution < 1.29 is 4.79 Å². The van der Waals surface area contributed by atoms with Crippen LogP contribution in [0, 0.1) is 5.92 Å². The fourth-order valence-corrected chi connectivity index (χ4v) is 4.14. The molecule has 17 heavy (non-hydrogen) atoms. The molecule has 2 heterocycles. The van der Waals surface area contributed by atoms with E-state index in [4.69, 9.17) is 0 Å². The second-order valence-corrected chi connectivity index (χ2v) is 6.52. The van der Waals surface area contributed by atoms with Gasteiger partial charge in [-0.15, -0.1) is 11.8 Å². The van der Waals surface area contributed by atoms with E-state index < -0.39 is 0 Å². The average molecular weight is 256 g/mol. The van der Waals surface area contributed by atoms with Crippen molar-refractivity contribution in [1.29, 1.82) is 0 Å². The fourth-order valence-electron chi connectivity index (χ4n) is 2.86. The van der Waals surface area contributed by atoms with E-state index >= 15 is 0 Å². The van der Waals surface area contributed by atoms with Crippen LogP contribution in [0.15, 0.2) is 0 Å². The molecule has 2 atom stereocenters. The third kappa shape index (κ3) is 3.62. The minimum absolute atomic E-state index is 0.261. The molecule has 2 aliphatic rings. The van der Waals surface area contributed by atoms with Gasteiger partial charge in [-0.05, 0) is 50.9 Å². The first kappa shape index (κ1) is 13.2. The van der Waals surface area contributed by atoms with Crippen LogP contribution < -0.4 is 5.32 Å². The molecule has 0 spiro atoms. The van der Waals surface area contributed by atoms with Gasteiger partial charge in [0.25, 0.3) is 0 Å². The lowest BCUT2D eigenvalue weighted by molar-refractivity contribution is -0.132. The Hall–Kier alpha value is -0.220. The molecule has 1 amide bonds. The maximum atomic E-state index is 12.4. The molecule has 2 unspecified atom stereocenters. The number of nitrogens with zero attached hydrogens (tertiary/aromatic N) is 1. The molecule has 0 aromatic carbocycles. The van der Waals surface area contributed by atoms with Gasteiger partial charge in [-0.25, -0.2) is 0 Å². The Morgan fingerprint density at radius 2 is 2.24 bits per heavy atom. The topological polar surface area (TPSA) is 32.3 Å². The van der Waals surface area contributed by atoms with E-state index in [0.717, 1.165) is 26.1 Å². The van der Waals surface area contributed by atoms with E-state index in [-0.39, 0.29) is 5.25 Å². The highest BCUT2D eigenvalue weighted by molar-refractivity contribution is 8.00. The van der Waals surface area contributed by atoms with Gasteiger partial charge < -0.3 is 10.2 Å². The van der Waals surface area contributed by atoms with Crippen LogP contribution in [-0.4, -0.2) is 48.5 Å². The number of amides is 1. The van der Waals surface area contributed by atoms with Crippen molar-refractivity contribution in [2.24, 2.45) is 5.92 Å². The van der Waals surface area contributed by atoms with Crippen LogP contribution in [0.2, 0.25) is 0 Å². The lowest BCUT2D eigenvalue weighted by atomic mass is 9.97. The maximum Gasteiger partial charge on any atom is 0.235 e. The Labute approximate surface area is 109 Å². The number of hydrogen-bond donors (Lipinski definition) is 1. The smallest absolute Gasteiger partial charge is 0.235 e. The van der Waals surface area contributed by atoms with E-state index in [1.807, 2.05) is 18.8 Å². The minimum Gasteiger partial charge on any atom is -0.341 e. The van der Waals surface area contributed by atoms with E-state index in [1.54, 1.807) is 0 Å². The van der Waals surface area contributed by atoms with Crippen molar-refractivity contribution in [2.75, 3.05) is 32.4 Å². The number of piperidine rings is 1. The van der Waals surface area contributed by atoms with Crippen LogP contribution >= 0.6 is 11.8 Å². The van der Waals surface area contributed by atoms with Crippen LogP contribution in [0.4, 0.5) is 0 Å². The second kappa shape index (κ2) is 6.64. The van der Waals surface area contributed by atoms with Crippen molar-refractivity contribution in [3.05, 3.63) is 0 Å². The molecule has 0 bridgehead atoms. The van der Waals surface area contributed by atoms with Gasteiger partial charge >= 0.3 is 0 Å². The number of carbonyl (C=O) groups excluding carboxylic acids is 1. The predicted molar refractivity (Wildman–Crippen MR) is 73.3 cm³/mol. The quantitative estimate of drug-likeness (QED) is 0.834. The van der Waals surface area contributed by atoms with E-state index in [9.17, 15) is 4.79 Å². The second-order valence-electron chi connectivity index (χ2n) is 5.21. The Balaban J connectivity index is 1.85. The van der Waals surface area contributed by atoms with Crippen LogP contribution in [-0.2, 0) is 4.79 Å². The zero-order valence-corrected chi connectivity index (χ0v) is 11.6. The van der Waals surface area contributed by atoms with Gasteiger partial charge in [0.1, 0.15) is 0 Å². The SMILES string of the molecule is CNCC1CCCN(C(=O)C2CCCCS2)C1. The number of carbonyl (C=O) groups is 1. The largest absolute Gasteiger partial charge is 0.341 e. The molecule has 0 aliphatic carbocycles. The molecule has 0 aromatic rings. The van der Waals surface area contributed by atoms with Gasteiger partial charge in [-0.1, -0.05) is 6.42 Å². The summed E-state index contributed by atoms with van der Waals surface area (Å²) in [7, 11) is 2.00. The highest BCUT2D eigenvalue weighted by Gasteiger charge is 2.29. The summed E-state index contributed by atoms with van der Waals surface area (Å²) in [6, 6.07) is 0. The zero-order valence-electron chi connectivity index (χ0n) is 10.8. The lowest BCUT2D eigenvalue weighted by Gasteiger charge is -2.35. The summed E-state index contributed by atoms with van der Waals surface area (Å²) in [6.07, 6.45) is 6.06. The summed E-state index contributed by atoms with van der Waals surface area (Å²) in [5.41, 5.74) is 0. The molecule has 2 saturated heterocycles. The third-order valence-electron chi connectivity index (χ3n) is 3.78. The monoisotopic (exact) mass is 256 g/mol. The van der Waals surface area contributed by atoms with Crippen molar-refractivity contribution in [1.82, 2.24) is 10.2 Å². The standard InChI is InChI=1S/C13H24N2OS/c1-14-9-11-5-4-7-15(10-11)13(16)12-6-2-3-8-17-12/h11-12,14H,2-10H2,1H3. The summed E-state index contributed by atoms with van der Waals surface area (Å²) in [5, 5.41) is 3.49. The molecule has 0 aromatic heterocycles. The molecule has 3 nitrogen and oxygen atoms in total. The zero-order chi connectivity index (χ0) is 12.1. The van der Waals surface area contributed by atoms with Crippen molar-refractivity contribution in [3.63, 3.8) is 0 Å². The Morgan fingerprint density at radius 1 is 1.35 bits per heavy atom. The molecule has 0 saturated carbocycles. The van der Waals surface area contributed by atoms with Gasteiger partial charge in [0.2, 0.25) is 5.91 Å². The molecule has 1 N–H and O–H groups in total. The fraction of sp³-hybridized carbons (Fsp3) is 0.923. The lowest BCUT2D eigenvalue weighted by Crippen LogP contribution is -2.46. The van der Waals surface area contributed by atoms with E-state index in [1.165, 1.54) is 31.4 Å². The Bertz CT molecular complexity index is 252. The number of rotatable bonds is 3. The van der Waals surface area contributed by atoms with E-state index in [2.05, 4.69) is 10.2 Å². The van der Waals surface area contributed by atoms with Crippen molar-refractivity contribution >= 4 is 17.7 Å². The van der Waals surface area contributed by atoms with Gasteiger partial charge in [0.15, 0.2) is 0 Å². The van der Waals surface area contributed by atoms with Crippen LogP contribution in [0.5, 0.6) is 0 Å². The average Bonchev–Trinajstić information content (AvgIpc) is 2.40. The summed E-state index contributed by atoms with van der Waals surface area (Å²) in [5.74, 6) is 2.24. The van der Waals surface area contributed by atoms with Crippen molar-refractivity contribution in [3.8, 4) is 0 Å². The minimum atomic E-state index is 0.261. The summed E-state index contributed by atoms with van der Waals surface area (Å²) in [6.45, 7) is 2.99. The molecule has 2 aliphatic heterocycles. The molecule has 2 rings (SSSR count). The predicted octanol–water partition coefficient (Wildman–Crippen LogP) is 1.73. The highest BCUT2D eigenvalue weighted by Crippen LogP contribution is 2.28. The van der Waals surface area contributed by atoms with Gasteiger partial charge in [0.05, 0.1) is 5.25 Å². The molecule has 4 heteroatoms. The molecule has 98 valence electrons. The highest BCUT2D eigenvalue weighted by atomic mass is 32.2. The Morgan fingerprint density at radius 3 is 2.94 bits per heavy atom. The number of likely N-dealkylation sites (tertiary alicyclic amines) is 1. The normalized spacial score (nSPS) is 30.3. The molecular formula is C13H24N2OS. The van der Waals surface area contributed by atoms with Gasteiger partial charge in [-0.3, -0.25) is 4.79 Å². The first-order chi connectivity index (χ1) is 8.31. The van der Waals surface area contributed by atoms with Gasteiger partial charge in [0, 0.05) is 13.1 Å². The summed E-state index contributed by atoms with van der Waals surface area (Å²) in [4.78, 5) is 14.5. The number of hydrogen-bond acceptors (Lipinski definition) is 3. The molecule has 2 fully saturated rings. The maximum absolute atomic E-state index is 12.4. The van der Waals surface area contributed by atoms with Crippen LogP contribution in [0.1, 0.15) is 32.1 Å². The Kier molecular flexibility index (Phi) is 5.16. The van der Waals surface area contributed by atoms with Gasteiger partial charge in [-0.2, -0.15) is 0 Å². The molecule has 0 radical (unpaired) electrons. The first-order valence-corrected chi connectivity index (χ1v) is 7.91. The van der Waals surface area contributed by atoms with Crippen LogP contribution in [0.3, 0.4) is 0 Å². The van der Waals surface area contributed by atoms with Crippen LogP contribution in [0.25, 0.3) is 0 Å². The third-order valence-corrected chi connectivity index (χ3v) is 5.14. The summed E-state index contributed by atoms with van der Waals surface area (Å²) < 4.78 is 0. The number of nitrogens with one attached hydrogen (secondary N) is 1. The first-order valence-electron chi connectivity index (χ1n) is 6.86. The van der Waals surface area contributed by atoms with Crippen molar-refractivity contribution in [2.45, 2.75) is 37.4 Å². The number of thioether (sulfide) groups is 1. The molecular weight excluding hydrogens is 232 g/mol. The van der Waals surface area contributed by atoms with E-state index in [0.29, 0.717) is 11.8 Å². The summed E-state index contributed by atoms with van der Waals surface area (Å²) >= 11 is 1.87.